The summed E-state index contributed by atoms with van der Waals surface area (Å²) in [5, 5.41) is 3.55. The van der Waals surface area contributed by atoms with Gasteiger partial charge in [-0.3, -0.25) is 14.5 Å². The number of hydrogen-bond donors (Lipinski definition) is 1. The van der Waals surface area contributed by atoms with E-state index in [-0.39, 0.29) is 18.2 Å². The van der Waals surface area contributed by atoms with Crippen LogP contribution in [0.15, 0.2) is 88.7 Å². The van der Waals surface area contributed by atoms with Crippen LogP contribution in [0.4, 0.5) is 5.69 Å². The Balaban J connectivity index is 1.15. The molecule has 2 amide bonds. The number of rotatable bonds is 5. The summed E-state index contributed by atoms with van der Waals surface area (Å²) in [7, 11) is 0. The highest BCUT2D eigenvalue weighted by Gasteiger charge is 2.35. The zero-order valence-corrected chi connectivity index (χ0v) is 19.2. The predicted molar refractivity (Wildman–Crippen MR) is 129 cm³/mol. The average Bonchev–Trinajstić information content (AvgIpc) is 2.81. The van der Waals surface area contributed by atoms with Crippen molar-refractivity contribution in [1.29, 1.82) is 0 Å². The Labute approximate surface area is 196 Å². The molecule has 1 fully saturated rings. The summed E-state index contributed by atoms with van der Waals surface area (Å²) in [6.07, 6.45) is 7.61. The number of carbonyl (C=O) groups is 2. The second-order valence-electron chi connectivity index (χ2n) is 8.25. The first-order valence-corrected chi connectivity index (χ1v) is 11.7. The van der Waals surface area contributed by atoms with E-state index in [4.69, 9.17) is 0 Å². The molecule has 2 bridgehead atoms. The van der Waals surface area contributed by atoms with Gasteiger partial charge in [0.1, 0.15) is 6.42 Å². The van der Waals surface area contributed by atoms with Crippen LogP contribution in [0, 0.1) is 0 Å². The molecule has 1 saturated heterocycles. The molecular weight excluding hydrogens is 466 g/mol. The van der Waals surface area contributed by atoms with E-state index in [9.17, 15) is 9.59 Å². The lowest BCUT2D eigenvalue weighted by Crippen LogP contribution is -2.45. The second-order valence-corrected chi connectivity index (χ2v) is 9.11. The van der Waals surface area contributed by atoms with Crippen molar-refractivity contribution in [3.63, 3.8) is 0 Å². The van der Waals surface area contributed by atoms with Crippen molar-refractivity contribution in [2.75, 3.05) is 18.4 Å². The van der Waals surface area contributed by atoms with Gasteiger partial charge in [0.15, 0.2) is 0 Å². The monoisotopic (exact) mass is 489 g/mol. The van der Waals surface area contributed by atoms with Crippen molar-refractivity contribution in [2.45, 2.75) is 25.3 Å². The van der Waals surface area contributed by atoms with Gasteiger partial charge in [0.05, 0.1) is 11.4 Å². The smallest absolute Gasteiger partial charge is 0.241 e. The summed E-state index contributed by atoms with van der Waals surface area (Å²) in [6.45, 7) is 1.32. The highest BCUT2D eigenvalue weighted by Crippen LogP contribution is 2.41. The summed E-state index contributed by atoms with van der Waals surface area (Å²) in [6, 6.07) is 18.4. The molecule has 5 rings (SSSR count). The third-order valence-corrected chi connectivity index (χ3v) is 6.89. The number of carbonyl (C=O) groups excluding carboxylic acids is 2. The Morgan fingerprint density at radius 1 is 0.938 bits per heavy atom. The molecule has 2 aromatic carbocycles. The van der Waals surface area contributed by atoms with Crippen LogP contribution in [-0.4, -0.2) is 40.7 Å². The third-order valence-electron chi connectivity index (χ3n) is 6.20. The first-order chi connectivity index (χ1) is 15.6. The number of hydrogen-bond acceptors (Lipinski definition) is 3. The standard InChI is InChI=1S/C26H24BrN3O2/c27-22-8-4-5-9-23(22)28-19-12-14-29(15-13-19)25(31)17-26(32)30-20-10-11-21(24(30)16-20)18-6-2-1-3-7-18/h1-11,16,19,28H,12-15,17H2. The van der Waals surface area contributed by atoms with Gasteiger partial charge >= 0.3 is 0 Å². The molecule has 0 aromatic heterocycles. The van der Waals surface area contributed by atoms with Gasteiger partial charge in [0, 0.05) is 34.9 Å². The molecule has 1 N–H and O–H groups in total. The minimum atomic E-state index is -0.159. The minimum absolute atomic E-state index is 0.0919. The van der Waals surface area contributed by atoms with Crippen LogP contribution in [0.5, 0.6) is 0 Å². The molecule has 3 aliphatic rings. The Morgan fingerprint density at radius 2 is 1.66 bits per heavy atom. The number of benzene rings is 2. The largest absolute Gasteiger partial charge is 0.381 e. The molecule has 0 atom stereocenters. The Bertz CT molecular complexity index is 1140. The van der Waals surface area contributed by atoms with E-state index in [2.05, 4.69) is 21.2 Å². The highest BCUT2D eigenvalue weighted by molar-refractivity contribution is 9.10. The zero-order valence-electron chi connectivity index (χ0n) is 17.6. The molecule has 0 spiro atoms. The van der Waals surface area contributed by atoms with E-state index in [1.54, 1.807) is 4.90 Å². The van der Waals surface area contributed by atoms with Crippen LogP contribution in [0.1, 0.15) is 24.8 Å². The van der Waals surface area contributed by atoms with Gasteiger partial charge < -0.3 is 10.2 Å². The lowest BCUT2D eigenvalue weighted by molar-refractivity contribution is -0.139. The number of likely N-dealkylation sites (tertiary alicyclic amines) is 1. The maximum absolute atomic E-state index is 13.0. The fourth-order valence-corrected chi connectivity index (χ4v) is 4.85. The molecule has 32 heavy (non-hydrogen) atoms. The van der Waals surface area contributed by atoms with Crippen molar-refractivity contribution in [2.24, 2.45) is 0 Å². The molecule has 3 aliphatic heterocycles. The highest BCUT2D eigenvalue weighted by atomic mass is 79.9. The third kappa shape index (κ3) is 4.02. The van der Waals surface area contributed by atoms with Gasteiger partial charge in [0.2, 0.25) is 11.8 Å². The van der Waals surface area contributed by atoms with E-state index in [0.717, 1.165) is 45.5 Å². The zero-order chi connectivity index (χ0) is 22.1. The number of fused-ring (bicyclic) bond motifs is 2. The minimum Gasteiger partial charge on any atom is -0.381 e. The van der Waals surface area contributed by atoms with Crippen LogP contribution in [0.25, 0.3) is 5.57 Å². The van der Waals surface area contributed by atoms with Crippen molar-refractivity contribution in [3.05, 3.63) is 94.3 Å². The van der Waals surface area contributed by atoms with Crippen LogP contribution in [-0.2, 0) is 9.59 Å². The Hall–Kier alpha value is -3.12. The molecule has 0 unspecified atom stereocenters. The van der Waals surface area contributed by atoms with Gasteiger partial charge in [-0.05, 0) is 58.6 Å². The van der Waals surface area contributed by atoms with Crippen molar-refractivity contribution >= 4 is 39.0 Å². The molecule has 6 heteroatoms. The number of anilines is 1. The number of piperidine rings is 1. The van der Waals surface area contributed by atoms with Gasteiger partial charge in [-0.2, -0.15) is 0 Å². The molecule has 3 heterocycles. The average molecular weight is 490 g/mol. The van der Waals surface area contributed by atoms with E-state index < -0.39 is 0 Å². The molecule has 5 nitrogen and oxygen atoms in total. The molecule has 0 radical (unpaired) electrons. The quantitative estimate of drug-likeness (QED) is 0.604. The fourth-order valence-electron chi connectivity index (χ4n) is 4.45. The number of nitrogens with zero attached hydrogens (tertiary/aromatic N) is 2. The molecule has 0 saturated carbocycles. The van der Waals surface area contributed by atoms with Crippen molar-refractivity contribution < 1.29 is 9.59 Å². The van der Waals surface area contributed by atoms with E-state index >= 15 is 0 Å². The number of nitrogens with one attached hydrogen (secondary N) is 1. The lowest BCUT2D eigenvalue weighted by atomic mass is 9.91. The number of para-hydroxylation sites is 1. The van der Waals surface area contributed by atoms with Crippen molar-refractivity contribution in [3.8, 4) is 0 Å². The summed E-state index contributed by atoms with van der Waals surface area (Å²) in [5.41, 5.74) is 4.88. The van der Waals surface area contributed by atoms with E-state index in [1.165, 1.54) is 0 Å². The van der Waals surface area contributed by atoms with Gasteiger partial charge in [-0.1, -0.05) is 48.5 Å². The molecule has 162 valence electrons. The maximum atomic E-state index is 13.0. The topological polar surface area (TPSA) is 52.7 Å². The lowest BCUT2D eigenvalue weighted by Gasteiger charge is -2.39. The number of amides is 2. The fraction of sp³-hybridized carbons (Fsp3) is 0.231. The Morgan fingerprint density at radius 3 is 2.38 bits per heavy atom. The van der Waals surface area contributed by atoms with Crippen molar-refractivity contribution in [1.82, 2.24) is 9.80 Å². The normalized spacial score (nSPS) is 17.7. The SMILES string of the molecule is O=C(CC(=O)N1c2ccc(-c3ccccc3)c1c2)N1CCC(Nc2ccccc2Br)CC1. The molecule has 0 aliphatic carbocycles. The van der Waals surface area contributed by atoms with E-state index in [0.29, 0.717) is 19.1 Å². The maximum Gasteiger partial charge on any atom is 0.241 e. The van der Waals surface area contributed by atoms with Gasteiger partial charge in [-0.25, -0.2) is 0 Å². The predicted octanol–water partition coefficient (Wildman–Crippen LogP) is 4.95. The summed E-state index contributed by atoms with van der Waals surface area (Å²) in [5.74, 6) is -0.250. The first-order valence-electron chi connectivity index (χ1n) is 10.9. The van der Waals surface area contributed by atoms with Crippen LogP contribution < -0.4 is 5.32 Å². The summed E-state index contributed by atoms with van der Waals surface area (Å²) < 4.78 is 1.04. The number of halogens is 1. The van der Waals surface area contributed by atoms with Crippen LogP contribution in [0.3, 0.4) is 0 Å². The van der Waals surface area contributed by atoms with Gasteiger partial charge in [-0.15, -0.1) is 0 Å². The second kappa shape index (κ2) is 8.79. The first kappa shape index (κ1) is 20.8. The molecule has 2 aromatic rings. The van der Waals surface area contributed by atoms with Crippen LogP contribution in [0.2, 0.25) is 0 Å². The van der Waals surface area contributed by atoms with Crippen LogP contribution >= 0.6 is 15.9 Å². The van der Waals surface area contributed by atoms with E-state index in [1.807, 2.05) is 77.7 Å². The summed E-state index contributed by atoms with van der Waals surface area (Å²) >= 11 is 3.57. The number of allylic oxidation sites excluding steroid dienone is 4. The summed E-state index contributed by atoms with van der Waals surface area (Å²) in [4.78, 5) is 29.3. The molecular formula is C26H24BrN3O2. The van der Waals surface area contributed by atoms with Gasteiger partial charge in [0.25, 0.3) is 0 Å². The Kier molecular flexibility index (Phi) is 5.70.